The topological polar surface area (TPSA) is 104 Å². The molecule has 0 aromatic heterocycles. The largest absolute Gasteiger partial charge is 0.465 e. The molecule has 6 nitrogen and oxygen atoms in total. The van der Waals surface area contributed by atoms with Crippen molar-refractivity contribution in [2.45, 2.75) is 30.8 Å². The molecule has 25 heavy (non-hydrogen) atoms. The van der Waals surface area contributed by atoms with Gasteiger partial charge in [0.1, 0.15) is 6.04 Å². The molecule has 0 heterocycles. The maximum Gasteiger partial charge on any atom is 0.405 e. The Morgan fingerprint density at radius 2 is 1.76 bits per heavy atom. The van der Waals surface area contributed by atoms with Crippen LogP contribution in [0.15, 0.2) is 54.6 Å². The normalized spacial score (nSPS) is 19.7. The second-order valence-corrected chi connectivity index (χ2v) is 6.31. The van der Waals surface area contributed by atoms with E-state index >= 15 is 0 Å². The summed E-state index contributed by atoms with van der Waals surface area (Å²) >= 11 is 0. The molecule has 0 spiro atoms. The summed E-state index contributed by atoms with van der Waals surface area (Å²) in [6, 6.07) is 16.2. The smallest absolute Gasteiger partial charge is 0.405 e. The number of amides is 2. The highest BCUT2D eigenvalue weighted by atomic mass is 16.4. The maximum absolute atomic E-state index is 12.5. The lowest BCUT2D eigenvalue weighted by molar-refractivity contribution is -0.118. The summed E-state index contributed by atoms with van der Waals surface area (Å²) < 4.78 is 0. The fourth-order valence-corrected chi connectivity index (χ4v) is 2.85. The van der Waals surface area contributed by atoms with Crippen molar-refractivity contribution in [1.29, 1.82) is 0 Å². The fraction of sp³-hybridized carbons (Fsp3) is 0.263. The molecule has 0 saturated heterocycles. The molecule has 130 valence electrons. The SMILES string of the molecule is NC1CC1c1ccc(NC(=O)C(Cc2ccccc2)NC(=O)O)cc1. The van der Waals surface area contributed by atoms with Crippen molar-refractivity contribution in [3.05, 3.63) is 65.7 Å². The van der Waals surface area contributed by atoms with Gasteiger partial charge in [-0.2, -0.15) is 0 Å². The molecular formula is C19H21N3O3. The Bertz CT molecular complexity index is 746. The zero-order valence-corrected chi connectivity index (χ0v) is 13.7. The molecule has 0 radical (unpaired) electrons. The standard InChI is InChI=1S/C19H21N3O3/c20-16-11-15(16)13-6-8-14(9-7-13)21-18(23)17(22-19(24)25)10-12-4-2-1-3-5-12/h1-9,15-17,22H,10-11,20H2,(H,21,23)(H,24,25). The minimum atomic E-state index is -1.23. The van der Waals surface area contributed by atoms with Gasteiger partial charge >= 0.3 is 6.09 Å². The van der Waals surface area contributed by atoms with Crippen molar-refractivity contribution < 1.29 is 14.7 Å². The quantitative estimate of drug-likeness (QED) is 0.648. The zero-order chi connectivity index (χ0) is 17.8. The van der Waals surface area contributed by atoms with E-state index in [1.54, 1.807) is 0 Å². The van der Waals surface area contributed by atoms with Gasteiger partial charge in [0.25, 0.3) is 0 Å². The average Bonchev–Trinajstić information content (AvgIpc) is 3.32. The number of nitrogens with one attached hydrogen (secondary N) is 2. The Morgan fingerprint density at radius 1 is 1.12 bits per heavy atom. The van der Waals surface area contributed by atoms with Gasteiger partial charge in [-0.15, -0.1) is 0 Å². The van der Waals surface area contributed by atoms with Crippen molar-refractivity contribution in [2.24, 2.45) is 5.73 Å². The van der Waals surface area contributed by atoms with E-state index in [4.69, 9.17) is 10.8 Å². The number of nitrogens with two attached hydrogens (primary N) is 1. The first-order valence-corrected chi connectivity index (χ1v) is 8.22. The lowest BCUT2D eigenvalue weighted by Crippen LogP contribution is -2.44. The predicted octanol–water partition coefficient (Wildman–Crippen LogP) is 2.32. The highest BCUT2D eigenvalue weighted by Crippen LogP contribution is 2.39. The first-order valence-electron chi connectivity index (χ1n) is 8.22. The number of rotatable bonds is 6. The summed E-state index contributed by atoms with van der Waals surface area (Å²) in [5.41, 5.74) is 8.52. The minimum Gasteiger partial charge on any atom is -0.465 e. The van der Waals surface area contributed by atoms with Crippen LogP contribution in [-0.2, 0) is 11.2 Å². The van der Waals surface area contributed by atoms with Crippen LogP contribution >= 0.6 is 0 Å². The van der Waals surface area contributed by atoms with Crippen LogP contribution in [0.25, 0.3) is 0 Å². The zero-order valence-electron chi connectivity index (χ0n) is 13.7. The third-order valence-electron chi connectivity index (χ3n) is 4.34. The molecule has 1 aliphatic carbocycles. The van der Waals surface area contributed by atoms with Gasteiger partial charge in [0, 0.05) is 24.1 Å². The molecule has 0 aliphatic heterocycles. The molecule has 1 saturated carbocycles. The van der Waals surface area contributed by atoms with Gasteiger partial charge in [-0.25, -0.2) is 4.79 Å². The van der Waals surface area contributed by atoms with Gasteiger partial charge in [-0.05, 0) is 29.7 Å². The molecule has 2 amide bonds. The Hall–Kier alpha value is -2.86. The number of hydrogen-bond acceptors (Lipinski definition) is 3. The van der Waals surface area contributed by atoms with Crippen molar-refractivity contribution in [3.8, 4) is 0 Å². The van der Waals surface area contributed by atoms with Crippen molar-refractivity contribution >= 4 is 17.7 Å². The lowest BCUT2D eigenvalue weighted by atomic mass is 10.1. The van der Waals surface area contributed by atoms with Gasteiger partial charge in [0.2, 0.25) is 5.91 Å². The Balaban J connectivity index is 1.65. The number of carbonyl (C=O) groups excluding carboxylic acids is 1. The Labute approximate surface area is 146 Å². The molecule has 1 fully saturated rings. The van der Waals surface area contributed by atoms with E-state index in [1.807, 2.05) is 54.6 Å². The molecule has 5 N–H and O–H groups in total. The Morgan fingerprint density at radius 3 is 2.32 bits per heavy atom. The molecule has 2 aromatic rings. The van der Waals surface area contributed by atoms with E-state index in [1.165, 1.54) is 0 Å². The van der Waals surface area contributed by atoms with Gasteiger partial charge in [0.15, 0.2) is 0 Å². The number of carboxylic acid groups (broad SMARTS) is 1. The highest BCUT2D eigenvalue weighted by molar-refractivity contribution is 5.96. The van der Waals surface area contributed by atoms with Gasteiger partial charge < -0.3 is 21.5 Å². The van der Waals surface area contributed by atoms with Crippen LogP contribution in [0.4, 0.5) is 10.5 Å². The summed E-state index contributed by atoms with van der Waals surface area (Å²) in [6.07, 6.45) is 0.0515. The second kappa shape index (κ2) is 7.36. The van der Waals surface area contributed by atoms with Gasteiger partial charge in [-0.1, -0.05) is 42.5 Å². The van der Waals surface area contributed by atoms with E-state index < -0.39 is 12.1 Å². The number of anilines is 1. The third-order valence-corrected chi connectivity index (χ3v) is 4.34. The van der Waals surface area contributed by atoms with Crippen LogP contribution in [0.5, 0.6) is 0 Å². The second-order valence-electron chi connectivity index (χ2n) is 6.31. The van der Waals surface area contributed by atoms with E-state index in [9.17, 15) is 9.59 Å². The summed E-state index contributed by atoms with van der Waals surface area (Å²) in [6.45, 7) is 0. The average molecular weight is 339 g/mol. The van der Waals surface area contributed by atoms with Crippen LogP contribution in [0.2, 0.25) is 0 Å². The van der Waals surface area contributed by atoms with Crippen LogP contribution in [0.1, 0.15) is 23.5 Å². The molecule has 3 unspecified atom stereocenters. The maximum atomic E-state index is 12.5. The molecule has 1 aliphatic rings. The summed E-state index contributed by atoms with van der Waals surface area (Å²) in [5, 5.41) is 14.1. The lowest BCUT2D eigenvalue weighted by Gasteiger charge is -2.17. The molecule has 2 aromatic carbocycles. The molecule has 6 heteroatoms. The molecule has 3 atom stereocenters. The van der Waals surface area contributed by atoms with E-state index in [0.29, 0.717) is 11.6 Å². The molecule has 3 rings (SSSR count). The van der Waals surface area contributed by atoms with Crippen LogP contribution in [-0.4, -0.2) is 29.2 Å². The molecule has 0 bridgehead atoms. The van der Waals surface area contributed by atoms with Crippen LogP contribution in [0.3, 0.4) is 0 Å². The fourth-order valence-electron chi connectivity index (χ4n) is 2.85. The van der Waals surface area contributed by atoms with E-state index in [-0.39, 0.29) is 18.4 Å². The van der Waals surface area contributed by atoms with E-state index in [0.717, 1.165) is 17.5 Å². The highest BCUT2D eigenvalue weighted by Gasteiger charge is 2.34. The monoisotopic (exact) mass is 339 g/mol. The van der Waals surface area contributed by atoms with E-state index in [2.05, 4.69) is 10.6 Å². The summed E-state index contributed by atoms with van der Waals surface area (Å²) in [4.78, 5) is 23.5. The Kier molecular flexibility index (Phi) is 5.00. The minimum absolute atomic E-state index is 0.232. The first kappa shape index (κ1) is 17.0. The summed E-state index contributed by atoms with van der Waals surface area (Å²) in [7, 11) is 0. The van der Waals surface area contributed by atoms with Crippen LogP contribution < -0.4 is 16.4 Å². The van der Waals surface area contributed by atoms with Crippen molar-refractivity contribution in [1.82, 2.24) is 5.32 Å². The predicted molar refractivity (Wildman–Crippen MR) is 95.5 cm³/mol. The van der Waals surface area contributed by atoms with Crippen molar-refractivity contribution in [3.63, 3.8) is 0 Å². The first-order chi connectivity index (χ1) is 12.0. The molecular weight excluding hydrogens is 318 g/mol. The van der Waals surface area contributed by atoms with Crippen LogP contribution in [0, 0.1) is 0 Å². The van der Waals surface area contributed by atoms with Gasteiger partial charge in [-0.3, -0.25) is 4.79 Å². The number of hydrogen-bond donors (Lipinski definition) is 4. The third kappa shape index (κ3) is 4.58. The number of carbonyl (C=O) groups is 2. The van der Waals surface area contributed by atoms with Crippen molar-refractivity contribution in [2.75, 3.05) is 5.32 Å². The summed E-state index contributed by atoms with van der Waals surface area (Å²) in [5.74, 6) is 0.0198. The van der Waals surface area contributed by atoms with Gasteiger partial charge in [0.05, 0.1) is 0 Å². The number of benzene rings is 2.